The molecule has 2 aliphatic rings. The molecule has 2 heterocycles. The predicted octanol–water partition coefficient (Wildman–Crippen LogP) is 4.81. The number of aliphatic hydroxyl groups is 1. The van der Waals surface area contributed by atoms with Crippen molar-refractivity contribution in [3.63, 3.8) is 0 Å². The van der Waals surface area contributed by atoms with Gasteiger partial charge in [-0.2, -0.15) is 0 Å². The fourth-order valence-electron chi connectivity index (χ4n) is 4.58. The summed E-state index contributed by atoms with van der Waals surface area (Å²) in [7, 11) is 3.00. The molecule has 6 nitrogen and oxygen atoms in total. The van der Waals surface area contributed by atoms with E-state index in [0.717, 1.165) is 18.4 Å². The van der Waals surface area contributed by atoms with Gasteiger partial charge in [-0.05, 0) is 69.5 Å². The molecule has 3 unspecified atom stereocenters. The molecule has 33 heavy (non-hydrogen) atoms. The number of rotatable bonds is 6. The van der Waals surface area contributed by atoms with E-state index in [9.17, 15) is 9.90 Å². The lowest BCUT2D eigenvalue weighted by molar-refractivity contribution is -0.142. The number of ether oxygens (including phenoxy) is 3. The molecule has 0 aromatic heterocycles. The quantitative estimate of drug-likeness (QED) is 0.619. The summed E-state index contributed by atoms with van der Waals surface area (Å²) in [5.74, 6) is 0.786. The molecule has 0 bridgehead atoms. The number of anilines is 1. The molecule has 0 aliphatic carbocycles. The van der Waals surface area contributed by atoms with Gasteiger partial charge in [-0.25, -0.2) is 0 Å². The fraction of sp³-hybridized carbons (Fsp3) is 0.370. The standard InChI is InChI=1S/C27H31NO5/c1-17(2)7-6-15-26(3)16-14-18-8-13-21-22(23(18)33-26)27(30,24(32-5)25(29)28-21)19-9-11-20(31-4)12-10-19/h7-14,16,24,30H,6,15H2,1-5H3,(H,28,29). The largest absolute Gasteiger partial charge is 0.497 e. The number of fused-ring (bicyclic) bond motifs is 3. The highest BCUT2D eigenvalue weighted by Gasteiger charge is 2.52. The maximum Gasteiger partial charge on any atom is 0.257 e. The van der Waals surface area contributed by atoms with Crippen molar-refractivity contribution in [3.05, 3.63) is 70.8 Å². The monoisotopic (exact) mass is 449 g/mol. The van der Waals surface area contributed by atoms with Crippen LogP contribution in [0.25, 0.3) is 6.08 Å². The van der Waals surface area contributed by atoms with E-state index in [-0.39, 0.29) is 0 Å². The van der Waals surface area contributed by atoms with Crippen LogP contribution in [0, 0.1) is 0 Å². The van der Waals surface area contributed by atoms with Crippen LogP contribution < -0.4 is 14.8 Å². The molecule has 0 radical (unpaired) electrons. The molecule has 3 atom stereocenters. The Labute approximate surface area is 194 Å². The molecular weight excluding hydrogens is 418 g/mol. The lowest BCUT2D eigenvalue weighted by atomic mass is 9.76. The van der Waals surface area contributed by atoms with Gasteiger partial charge in [0.05, 0.1) is 18.4 Å². The summed E-state index contributed by atoms with van der Waals surface area (Å²) in [6, 6.07) is 10.7. The highest BCUT2D eigenvalue weighted by atomic mass is 16.5. The predicted molar refractivity (Wildman–Crippen MR) is 129 cm³/mol. The number of methoxy groups -OCH3 is 2. The SMILES string of the molecule is COc1ccc(C2(O)c3c(ccc4c3OC(C)(CCC=C(C)C)C=C4)NC(=O)C2OC)cc1. The van der Waals surface area contributed by atoms with E-state index in [0.29, 0.717) is 28.3 Å². The maximum atomic E-state index is 12.9. The third kappa shape index (κ3) is 4.05. The third-order valence-corrected chi connectivity index (χ3v) is 6.35. The molecule has 0 saturated carbocycles. The number of carbonyl (C=O) groups excluding carboxylic acids is 1. The average Bonchev–Trinajstić information content (AvgIpc) is 2.78. The van der Waals surface area contributed by atoms with Crippen LogP contribution in [0.15, 0.2) is 54.1 Å². The molecular formula is C27H31NO5. The lowest BCUT2D eigenvalue weighted by Gasteiger charge is -2.43. The smallest absolute Gasteiger partial charge is 0.257 e. The molecule has 2 aromatic carbocycles. The molecule has 0 fully saturated rings. The first-order chi connectivity index (χ1) is 15.7. The summed E-state index contributed by atoms with van der Waals surface area (Å²) in [5, 5.41) is 15.1. The van der Waals surface area contributed by atoms with Crippen molar-refractivity contribution in [1.82, 2.24) is 0 Å². The molecule has 6 heteroatoms. The van der Waals surface area contributed by atoms with E-state index in [2.05, 4.69) is 31.3 Å². The first kappa shape index (κ1) is 23.1. The van der Waals surface area contributed by atoms with Crippen molar-refractivity contribution < 1.29 is 24.1 Å². The second-order valence-corrected chi connectivity index (χ2v) is 9.07. The van der Waals surface area contributed by atoms with E-state index >= 15 is 0 Å². The van der Waals surface area contributed by atoms with Gasteiger partial charge in [-0.3, -0.25) is 4.79 Å². The second-order valence-electron chi connectivity index (χ2n) is 9.07. The molecule has 2 N–H and O–H groups in total. The van der Waals surface area contributed by atoms with E-state index in [1.807, 2.05) is 19.1 Å². The fourth-order valence-corrected chi connectivity index (χ4v) is 4.58. The first-order valence-electron chi connectivity index (χ1n) is 11.1. The summed E-state index contributed by atoms with van der Waals surface area (Å²) in [6.07, 6.45) is 6.76. The number of hydrogen-bond acceptors (Lipinski definition) is 5. The van der Waals surface area contributed by atoms with E-state index in [1.165, 1.54) is 12.7 Å². The Balaban J connectivity index is 1.86. The first-order valence-corrected chi connectivity index (χ1v) is 11.1. The zero-order chi connectivity index (χ0) is 23.8. The number of amides is 1. The van der Waals surface area contributed by atoms with Gasteiger partial charge in [0.1, 0.15) is 17.1 Å². The molecule has 0 saturated heterocycles. The van der Waals surface area contributed by atoms with Crippen molar-refractivity contribution in [1.29, 1.82) is 0 Å². The summed E-state index contributed by atoms with van der Waals surface area (Å²) in [4.78, 5) is 12.9. The van der Waals surface area contributed by atoms with Gasteiger partial charge in [0.2, 0.25) is 0 Å². The van der Waals surface area contributed by atoms with Gasteiger partial charge < -0.3 is 24.6 Å². The van der Waals surface area contributed by atoms with Crippen LogP contribution in [0.1, 0.15) is 50.3 Å². The maximum absolute atomic E-state index is 12.9. The van der Waals surface area contributed by atoms with Crippen molar-refractivity contribution in [2.24, 2.45) is 0 Å². The van der Waals surface area contributed by atoms with Gasteiger partial charge in [-0.1, -0.05) is 29.9 Å². The summed E-state index contributed by atoms with van der Waals surface area (Å²) < 4.78 is 17.4. The van der Waals surface area contributed by atoms with Crippen molar-refractivity contribution >= 4 is 17.7 Å². The normalized spacial score (nSPS) is 25.4. The highest BCUT2D eigenvalue weighted by Crippen LogP contribution is 2.50. The van der Waals surface area contributed by atoms with E-state index < -0.39 is 23.2 Å². The number of carbonyl (C=O) groups is 1. The molecule has 1 amide bonds. The summed E-state index contributed by atoms with van der Waals surface area (Å²) >= 11 is 0. The van der Waals surface area contributed by atoms with Gasteiger partial charge >= 0.3 is 0 Å². The Kier molecular flexibility index (Phi) is 6.08. The minimum absolute atomic E-state index is 0.416. The average molecular weight is 450 g/mol. The van der Waals surface area contributed by atoms with Crippen LogP contribution in [-0.4, -0.2) is 36.9 Å². The van der Waals surface area contributed by atoms with Crippen LogP contribution in [0.5, 0.6) is 11.5 Å². The van der Waals surface area contributed by atoms with Gasteiger partial charge in [0.25, 0.3) is 5.91 Å². The number of nitrogens with one attached hydrogen (secondary N) is 1. The molecule has 2 aliphatic heterocycles. The zero-order valence-corrected chi connectivity index (χ0v) is 19.8. The Morgan fingerprint density at radius 2 is 1.91 bits per heavy atom. The molecule has 4 rings (SSSR count). The van der Waals surface area contributed by atoms with Gasteiger partial charge in [0, 0.05) is 12.7 Å². The third-order valence-electron chi connectivity index (χ3n) is 6.35. The van der Waals surface area contributed by atoms with E-state index in [4.69, 9.17) is 14.2 Å². The van der Waals surface area contributed by atoms with Crippen LogP contribution in [0.3, 0.4) is 0 Å². The molecule has 2 aromatic rings. The number of allylic oxidation sites excluding steroid dienone is 2. The van der Waals surface area contributed by atoms with Crippen LogP contribution in [0.4, 0.5) is 5.69 Å². The minimum Gasteiger partial charge on any atom is -0.497 e. The van der Waals surface area contributed by atoms with Crippen LogP contribution in [0.2, 0.25) is 0 Å². The highest BCUT2D eigenvalue weighted by molar-refractivity contribution is 6.01. The minimum atomic E-state index is -1.75. The zero-order valence-electron chi connectivity index (χ0n) is 19.8. The topological polar surface area (TPSA) is 77.0 Å². The number of hydrogen-bond donors (Lipinski definition) is 2. The second kappa shape index (κ2) is 8.69. The Morgan fingerprint density at radius 3 is 2.55 bits per heavy atom. The Morgan fingerprint density at radius 1 is 1.18 bits per heavy atom. The van der Waals surface area contributed by atoms with Crippen LogP contribution >= 0.6 is 0 Å². The van der Waals surface area contributed by atoms with Gasteiger partial charge in [-0.15, -0.1) is 0 Å². The molecule has 0 spiro atoms. The number of benzene rings is 2. The van der Waals surface area contributed by atoms with Crippen LogP contribution in [-0.2, 0) is 15.1 Å². The van der Waals surface area contributed by atoms with E-state index in [1.54, 1.807) is 37.4 Å². The summed E-state index contributed by atoms with van der Waals surface area (Å²) in [6.45, 7) is 6.19. The lowest BCUT2D eigenvalue weighted by Crippen LogP contribution is -2.53. The van der Waals surface area contributed by atoms with Crippen molar-refractivity contribution in [2.45, 2.75) is 50.9 Å². The Hall–Kier alpha value is -3.09. The van der Waals surface area contributed by atoms with Crippen molar-refractivity contribution in [3.8, 4) is 11.5 Å². The summed E-state index contributed by atoms with van der Waals surface area (Å²) in [5.41, 5.74) is 1.31. The van der Waals surface area contributed by atoms with Gasteiger partial charge in [0.15, 0.2) is 11.7 Å². The molecule has 174 valence electrons. The van der Waals surface area contributed by atoms with Crippen molar-refractivity contribution in [2.75, 3.05) is 19.5 Å². The Bertz CT molecular complexity index is 1120.